The summed E-state index contributed by atoms with van der Waals surface area (Å²) in [5.41, 5.74) is 2.62. The number of nitrogens with zero attached hydrogens (tertiary/aromatic N) is 3. The Bertz CT molecular complexity index is 683. The first-order chi connectivity index (χ1) is 11.1. The molecule has 1 aromatic carbocycles. The Morgan fingerprint density at radius 2 is 2.30 bits per heavy atom. The monoisotopic (exact) mass is 314 g/mol. The number of benzene rings is 1. The number of piperidine rings is 1. The zero-order chi connectivity index (χ0) is 16.2. The van der Waals surface area contributed by atoms with Crippen LogP contribution in [0.5, 0.6) is 0 Å². The van der Waals surface area contributed by atoms with Crippen LogP contribution in [0.3, 0.4) is 0 Å². The summed E-state index contributed by atoms with van der Waals surface area (Å²) in [7, 11) is 1.90. The molecule has 0 saturated carbocycles. The third-order valence-corrected chi connectivity index (χ3v) is 4.19. The zero-order valence-electron chi connectivity index (χ0n) is 13.3. The second-order valence-corrected chi connectivity index (χ2v) is 5.93. The molecule has 1 unspecified atom stereocenters. The zero-order valence-corrected chi connectivity index (χ0v) is 13.3. The molecule has 1 saturated heterocycles. The molecule has 2 aromatic rings. The molecular formula is C17H22N4O2. The van der Waals surface area contributed by atoms with Gasteiger partial charge in [-0.2, -0.15) is 5.10 Å². The summed E-state index contributed by atoms with van der Waals surface area (Å²) >= 11 is 0. The third kappa shape index (κ3) is 3.71. The van der Waals surface area contributed by atoms with Crippen molar-refractivity contribution >= 4 is 11.6 Å². The molecule has 1 aliphatic heterocycles. The first-order valence-electron chi connectivity index (χ1n) is 7.91. The van der Waals surface area contributed by atoms with Crippen LogP contribution in [0.15, 0.2) is 36.5 Å². The number of hydrogen-bond acceptors (Lipinski definition) is 4. The molecule has 3 rings (SSSR count). The SMILES string of the molecule is Cn1nccc1CNc1cccc(C(=O)N2CCCC(O)C2)c1. The largest absolute Gasteiger partial charge is 0.391 e. The van der Waals surface area contributed by atoms with Crippen molar-refractivity contribution in [1.29, 1.82) is 0 Å². The van der Waals surface area contributed by atoms with E-state index in [1.54, 1.807) is 11.1 Å². The van der Waals surface area contributed by atoms with Crippen LogP contribution in [-0.2, 0) is 13.6 Å². The van der Waals surface area contributed by atoms with Crippen LogP contribution in [0.1, 0.15) is 28.9 Å². The Morgan fingerprint density at radius 1 is 1.43 bits per heavy atom. The Hall–Kier alpha value is -2.34. The van der Waals surface area contributed by atoms with Crippen molar-refractivity contribution in [2.24, 2.45) is 7.05 Å². The maximum Gasteiger partial charge on any atom is 0.254 e. The molecule has 0 aliphatic carbocycles. The topological polar surface area (TPSA) is 70.4 Å². The predicted molar refractivity (Wildman–Crippen MR) is 88.1 cm³/mol. The van der Waals surface area contributed by atoms with E-state index in [0.29, 0.717) is 25.2 Å². The number of hydrogen-bond donors (Lipinski definition) is 2. The minimum atomic E-state index is -0.404. The summed E-state index contributed by atoms with van der Waals surface area (Å²) in [5, 5.41) is 17.2. The van der Waals surface area contributed by atoms with Crippen molar-refractivity contribution in [2.75, 3.05) is 18.4 Å². The molecule has 2 N–H and O–H groups in total. The van der Waals surface area contributed by atoms with Crippen LogP contribution in [-0.4, -0.2) is 44.9 Å². The van der Waals surface area contributed by atoms with Crippen molar-refractivity contribution in [1.82, 2.24) is 14.7 Å². The van der Waals surface area contributed by atoms with Gasteiger partial charge in [-0.15, -0.1) is 0 Å². The van der Waals surface area contributed by atoms with Crippen LogP contribution in [0.25, 0.3) is 0 Å². The number of anilines is 1. The maximum atomic E-state index is 12.6. The van der Waals surface area contributed by atoms with Crippen LogP contribution in [0.4, 0.5) is 5.69 Å². The second-order valence-electron chi connectivity index (χ2n) is 5.93. The number of nitrogens with one attached hydrogen (secondary N) is 1. The number of likely N-dealkylation sites (tertiary alicyclic amines) is 1. The summed E-state index contributed by atoms with van der Waals surface area (Å²) in [6, 6.07) is 9.45. The quantitative estimate of drug-likeness (QED) is 0.900. The van der Waals surface area contributed by atoms with E-state index in [1.165, 1.54) is 0 Å². The van der Waals surface area contributed by atoms with Gasteiger partial charge < -0.3 is 15.3 Å². The number of carbonyl (C=O) groups is 1. The van der Waals surface area contributed by atoms with Gasteiger partial charge in [-0.3, -0.25) is 9.48 Å². The van der Waals surface area contributed by atoms with Gasteiger partial charge in [0.15, 0.2) is 0 Å². The molecular weight excluding hydrogens is 292 g/mol. The van der Waals surface area contributed by atoms with E-state index in [0.717, 1.165) is 24.2 Å². The lowest BCUT2D eigenvalue weighted by molar-refractivity contribution is 0.0474. The van der Waals surface area contributed by atoms with Gasteiger partial charge in [0.25, 0.3) is 5.91 Å². The summed E-state index contributed by atoms with van der Waals surface area (Å²) in [6.07, 6.45) is 2.99. The van der Waals surface area contributed by atoms with Gasteiger partial charge in [-0.05, 0) is 37.1 Å². The number of aromatic nitrogens is 2. The molecule has 1 aromatic heterocycles. The molecule has 1 amide bonds. The van der Waals surface area contributed by atoms with Crippen molar-refractivity contribution < 1.29 is 9.90 Å². The molecule has 23 heavy (non-hydrogen) atoms. The normalized spacial score (nSPS) is 18.0. The fourth-order valence-corrected chi connectivity index (χ4v) is 2.85. The van der Waals surface area contributed by atoms with E-state index < -0.39 is 6.10 Å². The van der Waals surface area contributed by atoms with Crippen molar-refractivity contribution in [2.45, 2.75) is 25.5 Å². The molecule has 6 nitrogen and oxygen atoms in total. The molecule has 1 aliphatic rings. The third-order valence-electron chi connectivity index (χ3n) is 4.19. The number of aliphatic hydroxyl groups excluding tert-OH is 1. The van der Waals surface area contributed by atoms with Gasteiger partial charge in [0.05, 0.1) is 18.3 Å². The standard InChI is InChI=1S/C17H22N4O2/c1-20-15(7-8-19-20)11-18-14-5-2-4-13(10-14)17(23)21-9-3-6-16(22)12-21/h2,4-5,7-8,10,16,18,22H,3,6,9,11-12H2,1H3. The Balaban J connectivity index is 1.67. The van der Waals surface area contributed by atoms with E-state index in [-0.39, 0.29) is 5.91 Å². The van der Waals surface area contributed by atoms with E-state index in [2.05, 4.69) is 10.4 Å². The lowest BCUT2D eigenvalue weighted by Crippen LogP contribution is -2.42. The molecule has 0 spiro atoms. The predicted octanol–water partition coefficient (Wildman–Crippen LogP) is 1.63. The van der Waals surface area contributed by atoms with E-state index in [1.807, 2.05) is 42.1 Å². The number of aliphatic hydroxyl groups is 1. The van der Waals surface area contributed by atoms with Gasteiger partial charge >= 0.3 is 0 Å². The molecule has 122 valence electrons. The number of amides is 1. The summed E-state index contributed by atoms with van der Waals surface area (Å²) in [6.45, 7) is 1.78. The first-order valence-corrected chi connectivity index (χ1v) is 7.91. The molecule has 0 radical (unpaired) electrons. The molecule has 1 atom stereocenters. The summed E-state index contributed by atoms with van der Waals surface area (Å²) < 4.78 is 1.82. The lowest BCUT2D eigenvalue weighted by Gasteiger charge is -2.30. The maximum absolute atomic E-state index is 12.6. The van der Waals surface area contributed by atoms with E-state index >= 15 is 0 Å². The van der Waals surface area contributed by atoms with Gasteiger partial charge in [0.2, 0.25) is 0 Å². The van der Waals surface area contributed by atoms with Crippen LogP contribution < -0.4 is 5.32 Å². The highest BCUT2D eigenvalue weighted by molar-refractivity contribution is 5.95. The van der Waals surface area contributed by atoms with Crippen molar-refractivity contribution in [3.05, 3.63) is 47.8 Å². The number of β-amino-alcohol motifs (C(OH)–C–C–N with tert-alkyl or cyclic N) is 1. The van der Waals surface area contributed by atoms with Crippen molar-refractivity contribution in [3.8, 4) is 0 Å². The highest BCUT2D eigenvalue weighted by Crippen LogP contribution is 2.17. The first kappa shape index (κ1) is 15.6. The fourth-order valence-electron chi connectivity index (χ4n) is 2.85. The lowest BCUT2D eigenvalue weighted by atomic mass is 10.1. The minimum absolute atomic E-state index is 0.0204. The summed E-state index contributed by atoms with van der Waals surface area (Å²) in [5.74, 6) is -0.0204. The van der Waals surface area contributed by atoms with Gasteiger partial charge in [0.1, 0.15) is 0 Å². The average Bonchev–Trinajstić information content (AvgIpc) is 2.97. The molecule has 6 heteroatoms. The smallest absolute Gasteiger partial charge is 0.254 e. The van der Waals surface area contributed by atoms with E-state index in [4.69, 9.17) is 0 Å². The second kappa shape index (κ2) is 6.83. The number of aryl methyl sites for hydroxylation is 1. The Morgan fingerprint density at radius 3 is 3.04 bits per heavy atom. The highest BCUT2D eigenvalue weighted by atomic mass is 16.3. The number of rotatable bonds is 4. The Kier molecular flexibility index (Phi) is 4.62. The van der Waals surface area contributed by atoms with Gasteiger partial charge in [-0.1, -0.05) is 6.07 Å². The minimum Gasteiger partial charge on any atom is -0.391 e. The van der Waals surface area contributed by atoms with E-state index in [9.17, 15) is 9.90 Å². The molecule has 1 fully saturated rings. The number of carbonyl (C=O) groups excluding carboxylic acids is 1. The Labute approximate surface area is 135 Å². The van der Waals surface area contributed by atoms with Crippen LogP contribution >= 0.6 is 0 Å². The van der Waals surface area contributed by atoms with Crippen LogP contribution in [0.2, 0.25) is 0 Å². The highest BCUT2D eigenvalue weighted by Gasteiger charge is 2.23. The average molecular weight is 314 g/mol. The van der Waals surface area contributed by atoms with Crippen molar-refractivity contribution in [3.63, 3.8) is 0 Å². The fraction of sp³-hybridized carbons (Fsp3) is 0.412. The molecule has 0 bridgehead atoms. The van der Waals surface area contributed by atoms with Crippen LogP contribution in [0, 0.1) is 0 Å². The van der Waals surface area contributed by atoms with Gasteiger partial charge in [0, 0.05) is 37.6 Å². The van der Waals surface area contributed by atoms with Gasteiger partial charge in [-0.25, -0.2) is 0 Å². The summed E-state index contributed by atoms with van der Waals surface area (Å²) in [4.78, 5) is 14.3. The molecule has 2 heterocycles.